The molecular formula is C85H50FN7. The molecule has 0 amide bonds. The minimum atomic E-state index is -0.274. The van der Waals surface area contributed by atoms with Crippen molar-refractivity contribution in [1.29, 1.82) is 5.26 Å². The third kappa shape index (κ3) is 7.16. The number of nitrogens with zero attached hydrogens (tertiary/aromatic N) is 7. The summed E-state index contributed by atoms with van der Waals surface area (Å²) in [6.07, 6.45) is 0. The van der Waals surface area contributed by atoms with Crippen molar-refractivity contribution < 1.29 is 4.39 Å². The van der Waals surface area contributed by atoms with Crippen LogP contribution in [-0.4, -0.2) is 27.4 Å². The van der Waals surface area contributed by atoms with Crippen LogP contribution >= 0.6 is 0 Å². The Morgan fingerprint density at radius 3 is 0.860 bits per heavy atom. The lowest BCUT2D eigenvalue weighted by Crippen LogP contribution is -1.96. The largest absolute Gasteiger partial charge is 0.309 e. The van der Waals surface area contributed by atoms with Crippen LogP contribution in [0.5, 0.6) is 0 Å². The van der Waals surface area contributed by atoms with Crippen molar-refractivity contribution in [1.82, 2.24) is 27.4 Å². The second kappa shape index (κ2) is 19.4. The first-order chi connectivity index (χ1) is 46.1. The molecule has 0 unspecified atom stereocenters. The molecule has 0 aliphatic carbocycles. The number of para-hydroxylation sites is 6. The van der Waals surface area contributed by atoms with Crippen LogP contribution < -0.4 is 0 Å². The van der Waals surface area contributed by atoms with Crippen molar-refractivity contribution in [2.24, 2.45) is 0 Å². The molecule has 8 heteroatoms. The molecule has 7 nitrogen and oxygen atoms in total. The first-order valence-electron chi connectivity index (χ1n) is 31.5. The van der Waals surface area contributed by atoms with Gasteiger partial charge in [0.25, 0.3) is 0 Å². The molecule has 0 aliphatic heterocycles. The van der Waals surface area contributed by atoms with Gasteiger partial charge in [0.05, 0.1) is 77.8 Å². The Bertz CT molecular complexity index is 6580. The monoisotopic (exact) mass is 1190 g/mol. The number of benzene rings is 14. The average Bonchev–Trinajstić information content (AvgIpc) is 1.53. The van der Waals surface area contributed by atoms with Crippen LogP contribution in [0.15, 0.2) is 303 Å². The number of fused-ring (bicyclic) bond motifs is 22. The number of hydrogen-bond donors (Lipinski definition) is 0. The van der Waals surface area contributed by atoms with E-state index >= 15 is 0 Å². The van der Waals surface area contributed by atoms with Crippen LogP contribution in [0.4, 0.5) is 4.39 Å². The van der Waals surface area contributed by atoms with E-state index in [2.05, 4.69) is 300 Å². The van der Waals surface area contributed by atoms with Crippen molar-refractivity contribution >= 4 is 131 Å². The first-order valence-corrected chi connectivity index (χ1v) is 31.5. The Morgan fingerprint density at radius 1 is 0.226 bits per heavy atom. The molecule has 6 heterocycles. The highest BCUT2D eigenvalue weighted by atomic mass is 19.1. The highest BCUT2D eigenvalue weighted by molar-refractivity contribution is 6.35. The fourth-order valence-corrected chi connectivity index (χ4v) is 15.9. The Morgan fingerprint density at radius 2 is 0.505 bits per heavy atom. The van der Waals surface area contributed by atoms with Gasteiger partial charge in [-0.3, -0.25) is 0 Å². The number of hydrogen-bond acceptors (Lipinski definition) is 1. The van der Waals surface area contributed by atoms with E-state index in [1.807, 2.05) is 24.3 Å². The molecule has 432 valence electrons. The lowest BCUT2D eigenvalue weighted by Gasteiger charge is -2.11. The Balaban J connectivity index is 0.893. The van der Waals surface area contributed by atoms with Crippen LogP contribution in [0.2, 0.25) is 0 Å². The SMILES string of the molecule is N#Cc1ccc(-n2c3ccc(-c4ccc5c(c4)c4ccc6c(c7c(ccc8c9ccccc9n(-c9ccc(F)cc9)c87)n6-c6ccccc6)c4n5-c4ccccc4)cc3c3ccc4c(c5c(ccc6c7ccccc7n(-c7ccccc7)c65)n4-c4ccccc4)c32)cc1. The highest BCUT2D eigenvalue weighted by Gasteiger charge is 2.29. The van der Waals surface area contributed by atoms with Gasteiger partial charge in [-0.05, 0) is 169 Å². The van der Waals surface area contributed by atoms with Crippen molar-refractivity contribution in [2.45, 2.75) is 0 Å². The summed E-state index contributed by atoms with van der Waals surface area (Å²) in [5.74, 6) is -0.274. The molecular weight excluding hydrogens is 1140 g/mol. The zero-order valence-electron chi connectivity index (χ0n) is 49.9. The molecule has 93 heavy (non-hydrogen) atoms. The second-order valence-electron chi connectivity index (χ2n) is 24.4. The quantitative estimate of drug-likeness (QED) is 0.157. The van der Waals surface area contributed by atoms with Gasteiger partial charge in [-0.2, -0.15) is 5.26 Å². The third-order valence-electron chi connectivity index (χ3n) is 19.6. The lowest BCUT2D eigenvalue weighted by molar-refractivity contribution is 0.627. The molecule has 0 radical (unpaired) electrons. The van der Waals surface area contributed by atoms with Gasteiger partial charge in [0, 0.05) is 98.8 Å². The predicted molar refractivity (Wildman–Crippen MR) is 383 cm³/mol. The molecule has 20 aromatic rings. The minimum Gasteiger partial charge on any atom is -0.309 e. The zero-order valence-corrected chi connectivity index (χ0v) is 49.9. The standard InChI is InChI=1S/C85H50FN7/c86-55-33-37-61(38-34-55)92-71-28-16-14-26-63(71)65-40-46-75-79(83(65)92)80-76(89(75)57-19-7-2-8-20-57)47-41-66-68-49-53(31-43-72(68)91(84(66)80)59-23-11-4-12-24-59)54-32-44-73-69(50-54)67-42-48-77-81(85(67)93(73)60-35-29-52(51-87)30-36-60)78-74(88(77)56-17-5-1-6-18-56)45-39-64-62-25-13-15-27-70(62)90(82(64)78)58-21-9-3-10-22-58/h1-50H. The van der Waals surface area contributed by atoms with Gasteiger partial charge < -0.3 is 27.4 Å². The molecule has 0 bridgehead atoms. The van der Waals surface area contributed by atoms with Crippen molar-refractivity contribution in [2.75, 3.05) is 0 Å². The van der Waals surface area contributed by atoms with Gasteiger partial charge in [0.15, 0.2) is 0 Å². The molecule has 0 saturated carbocycles. The number of aromatic nitrogens is 6. The fourth-order valence-electron chi connectivity index (χ4n) is 15.9. The first kappa shape index (κ1) is 51.2. The van der Waals surface area contributed by atoms with Crippen molar-refractivity contribution in [3.05, 3.63) is 315 Å². The third-order valence-corrected chi connectivity index (χ3v) is 19.6. The predicted octanol–water partition coefficient (Wildman–Crippen LogP) is 21.9. The maximum absolute atomic E-state index is 14.9. The van der Waals surface area contributed by atoms with Gasteiger partial charge in [0.1, 0.15) is 5.82 Å². The molecule has 6 aromatic heterocycles. The highest BCUT2D eigenvalue weighted by Crippen LogP contribution is 2.50. The van der Waals surface area contributed by atoms with Crippen molar-refractivity contribution in [3.63, 3.8) is 0 Å². The minimum absolute atomic E-state index is 0.274. The van der Waals surface area contributed by atoms with E-state index in [-0.39, 0.29) is 5.82 Å². The van der Waals surface area contributed by atoms with E-state index in [4.69, 9.17) is 0 Å². The summed E-state index contributed by atoms with van der Waals surface area (Å²) < 4.78 is 29.4. The summed E-state index contributed by atoms with van der Waals surface area (Å²) in [5.41, 5.74) is 22.1. The molecule has 20 rings (SSSR count). The van der Waals surface area contributed by atoms with E-state index in [1.165, 1.54) is 10.8 Å². The average molecular weight is 1190 g/mol. The fraction of sp³-hybridized carbons (Fsp3) is 0. The van der Waals surface area contributed by atoms with Gasteiger partial charge >= 0.3 is 0 Å². The normalized spacial score (nSPS) is 12.1. The van der Waals surface area contributed by atoms with Crippen LogP contribution in [0.3, 0.4) is 0 Å². The maximum atomic E-state index is 14.9. The molecule has 0 N–H and O–H groups in total. The van der Waals surface area contributed by atoms with Crippen LogP contribution in [0.25, 0.3) is 176 Å². The van der Waals surface area contributed by atoms with Crippen LogP contribution in [0, 0.1) is 17.1 Å². The molecule has 0 saturated heterocycles. The van der Waals surface area contributed by atoms with E-state index in [9.17, 15) is 9.65 Å². The van der Waals surface area contributed by atoms with E-state index < -0.39 is 0 Å². The Hall–Kier alpha value is -12.7. The maximum Gasteiger partial charge on any atom is 0.123 e. The van der Waals surface area contributed by atoms with Gasteiger partial charge in [-0.15, -0.1) is 0 Å². The summed E-state index contributed by atoms with van der Waals surface area (Å²) in [5, 5.41) is 23.8. The smallest absolute Gasteiger partial charge is 0.123 e. The lowest BCUT2D eigenvalue weighted by atomic mass is 9.99. The van der Waals surface area contributed by atoms with E-state index in [0.717, 1.165) is 165 Å². The second-order valence-corrected chi connectivity index (χ2v) is 24.4. The summed E-state index contributed by atoms with van der Waals surface area (Å²) in [6, 6.07) is 110. The van der Waals surface area contributed by atoms with Gasteiger partial charge in [0.2, 0.25) is 0 Å². The summed E-state index contributed by atoms with van der Waals surface area (Å²) in [6.45, 7) is 0. The summed E-state index contributed by atoms with van der Waals surface area (Å²) in [4.78, 5) is 0. The van der Waals surface area contributed by atoms with Gasteiger partial charge in [-0.1, -0.05) is 146 Å². The molecule has 0 aliphatic rings. The Labute approximate surface area is 530 Å². The molecule has 0 spiro atoms. The Kier molecular flexibility index (Phi) is 10.7. The zero-order chi connectivity index (χ0) is 61.2. The van der Waals surface area contributed by atoms with Gasteiger partial charge in [-0.25, -0.2) is 4.39 Å². The van der Waals surface area contributed by atoms with Crippen molar-refractivity contribution in [3.8, 4) is 51.3 Å². The molecule has 0 fully saturated rings. The van der Waals surface area contributed by atoms with E-state index in [1.54, 1.807) is 12.1 Å². The molecule has 0 atom stereocenters. The molecule has 14 aromatic carbocycles. The van der Waals surface area contributed by atoms with Crippen LogP contribution in [0.1, 0.15) is 5.56 Å². The van der Waals surface area contributed by atoms with E-state index in [0.29, 0.717) is 5.56 Å². The topological polar surface area (TPSA) is 53.4 Å². The number of rotatable bonds is 7. The number of nitriles is 1. The van der Waals surface area contributed by atoms with Crippen LogP contribution in [-0.2, 0) is 0 Å². The summed E-state index contributed by atoms with van der Waals surface area (Å²) >= 11 is 0. The number of halogens is 1. The summed E-state index contributed by atoms with van der Waals surface area (Å²) in [7, 11) is 0.